The highest BCUT2D eigenvalue weighted by atomic mass is 16.5. The molecule has 0 radical (unpaired) electrons. The summed E-state index contributed by atoms with van der Waals surface area (Å²) in [6.07, 6.45) is 0. The van der Waals surface area contributed by atoms with Crippen LogP contribution in [0.2, 0.25) is 0 Å². The lowest BCUT2D eigenvalue weighted by atomic mass is 10.1. The second-order valence-electron chi connectivity index (χ2n) is 4.46. The number of amides is 1. The zero-order valence-corrected chi connectivity index (χ0v) is 12.0. The molecular weight excluding hydrogens is 244 g/mol. The van der Waals surface area contributed by atoms with Crippen LogP contribution in [0.15, 0.2) is 18.2 Å². The summed E-state index contributed by atoms with van der Waals surface area (Å²) in [5, 5.41) is 1.59. The van der Waals surface area contributed by atoms with Crippen LogP contribution in [0.4, 0.5) is 0 Å². The van der Waals surface area contributed by atoms with Gasteiger partial charge in [0, 0.05) is 14.1 Å². The number of ether oxygens (including phenoxy) is 2. The van der Waals surface area contributed by atoms with Crippen molar-refractivity contribution in [1.82, 2.24) is 10.4 Å². The van der Waals surface area contributed by atoms with Gasteiger partial charge in [-0.15, -0.1) is 0 Å². The van der Waals surface area contributed by atoms with Crippen LogP contribution in [0.25, 0.3) is 0 Å². The highest BCUT2D eigenvalue weighted by molar-refractivity contribution is 5.76. The number of hydrogen-bond acceptors (Lipinski definition) is 4. The number of hydrazine groups is 1. The summed E-state index contributed by atoms with van der Waals surface area (Å²) in [4.78, 5) is 11.4. The van der Waals surface area contributed by atoms with E-state index in [9.17, 15) is 4.79 Å². The van der Waals surface area contributed by atoms with E-state index < -0.39 is 0 Å². The molecule has 0 aromatic heterocycles. The molecule has 0 aliphatic rings. The number of hydrogen-bond donors (Lipinski definition) is 1. The number of carbonyl (C=O) groups excluding carboxylic acids is 1. The largest absolute Gasteiger partial charge is 0.494 e. The lowest BCUT2D eigenvalue weighted by Crippen LogP contribution is -2.38. The van der Waals surface area contributed by atoms with Crippen LogP contribution in [0.5, 0.6) is 5.75 Å². The highest BCUT2D eigenvalue weighted by Crippen LogP contribution is 2.19. The van der Waals surface area contributed by atoms with E-state index in [2.05, 4.69) is 5.43 Å². The molecule has 19 heavy (non-hydrogen) atoms. The van der Waals surface area contributed by atoms with Crippen molar-refractivity contribution in [3.8, 4) is 5.75 Å². The Balaban J connectivity index is 2.41. The first kappa shape index (κ1) is 15.5. The van der Waals surface area contributed by atoms with E-state index in [1.165, 1.54) is 0 Å². The number of benzene rings is 1. The molecule has 0 spiro atoms. The first-order valence-corrected chi connectivity index (χ1v) is 6.29. The van der Waals surface area contributed by atoms with Gasteiger partial charge in [-0.1, -0.05) is 12.1 Å². The van der Waals surface area contributed by atoms with Gasteiger partial charge in [-0.05, 0) is 31.0 Å². The third-order valence-corrected chi connectivity index (χ3v) is 2.39. The lowest BCUT2D eigenvalue weighted by molar-refractivity contribution is -0.129. The summed E-state index contributed by atoms with van der Waals surface area (Å²) < 4.78 is 10.8. The van der Waals surface area contributed by atoms with Crippen molar-refractivity contribution in [3.05, 3.63) is 29.3 Å². The van der Waals surface area contributed by atoms with Crippen molar-refractivity contribution in [2.45, 2.75) is 20.5 Å². The van der Waals surface area contributed by atoms with Gasteiger partial charge in [-0.3, -0.25) is 10.2 Å². The third-order valence-electron chi connectivity index (χ3n) is 2.39. The Bertz CT molecular complexity index is 419. The first-order valence-electron chi connectivity index (χ1n) is 6.29. The zero-order chi connectivity index (χ0) is 14.3. The molecule has 0 bridgehead atoms. The second-order valence-corrected chi connectivity index (χ2v) is 4.46. The summed E-state index contributed by atoms with van der Waals surface area (Å²) in [5.41, 5.74) is 4.71. The maximum absolute atomic E-state index is 11.4. The Morgan fingerprint density at radius 1 is 1.37 bits per heavy atom. The van der Waals surface area contributed by atoms with Gasteiger partial charge in [-0.25, -0.2) is 5.01 Å². The molecule has 0 saturated heterocycles. The molecule has 0 unspecified atom stereocenters. The lowest BCUT2D eigenvalue weighted by Gasteiger charge is -2.12. The Morgan fingerprint density at radius 2 is 2.11 bits per heavy atom. The standard InChI is InChI=1S/C14H22N2O3/c1-5-19-13-7-6-12(8-11(13)2)9-18-10-14(17)15-16(3)4/h6-8H,5,9-10H2,1-4H3,(H,15,17). The topological polar surface area (TPSA) is 50.8 Å². The van der Waals surface area contributed by atoms with E-state index in [4.69, 9.17) is 9.47 Å². The molecule has 0 atom stereocenters. The van der Waals surface area contributed by atoms with E-state index in [0.717, 1.165) is 16.9 Å². The van der Waals surface area contributed by atoms with Crippen LogP contribution in [-0.4, -0.2) is 38.2 Å². The first-order chi connectivity index (χ1) is 9.02. The number of nitrogens with one attached hydrogen (secondary N) is 1. The average Bonchev–Trinajstić information content (AvgIpc) is 2.32. The van der Waals surface area contributed by atoms with Crippen molar-refractivity contribution in [1.29, 1.82) is 0 Å². The molecule has 0 saturated carbocycles. The molecule has 1 aromatic carbocycles. The Kier molecular flexibility index (Phi) is 6.32. The average molecular weight is 266 g/mol. The number of rotatable bonds is 7. The summed E-state index contributed by atoms with van der Waals surface area (Å²) in [6.45, 7) is 5.06. The van der Waals surface area contributed by atoms with Gasteiger partial charge in [0.15, 0.2) is 0 Å². The Hall–Kier alpha value is -1.59. The summed E-state index contributed by atoms with van der Waals surface area (Å²) in [7, 11) is 3.52. The molecule has 0 heterocycles. The van der Waals surface area contributed by atoms with Crippen molar-refractivity contribution in [2.75, 3.05) is 27.3 Å². The SMILES string of the molecule is CCOc1ccc(COCC(=O)NN(C)C)cc1C. The van der Waals surface area contributed by atoms with E-state index in [-0.39, 0.29) is 12.5 Å². The molecule has 5 heteroatoms. The Labute approximate surface area is 114 Å². The molecule has 0 aliphatic heterocycles. The predicted octanol–water partition coefficient (Wildman–Crippen LogP) is 1.50. The number of nitrogens with zero attached hydrogens (tertiary/aromatic N) is 1. The van der Waals surface area contributed by atoms with Crippen LogP contribution in [0.1, 0.15) is 18.1 Å². The molecule has 5 nitrogen and oxygen atoms in total. The predicted molar refractivity (Wildman–Crippen MR) is 73.8 cm³/mol. The molecule has 0 fully saturated rings. The van der Waals surface area contributed by atoms with Gasteiger partial charge in [0.2, 0.25) is 0 Å². The minimum Gasteiger partial charge on any atom is -0.494 e. The van der Waals surface area contributed by atoms with E-state index in [1.807, 2.05) is 32.0 Å². The maximum Gasteiger partial charge on any atom is 0.260 e. The number of carbonyl (C=O) groups is 1. The van der Waals surface area contributed by atoms with Crippen molar-refractivity contribution >= 4 is 5.91 Å². The third kappa shape index (κ3) is 5.72. The van der Waals surface area contributed by atoms with Crippen molar-refractivity contribution in [2.24, 2.45) is 0 Å². The van der Waals surface area contributed by atoms with Gasteiger partial charge < -0.3 is 9.47 Å². The van der Waals surface area contributed by atoms with Crippen molar-refractivity contribution in [3.63, 3.8) is 0 Å². The van der Waals surface area contributed by atoms with Gasteiger partial charge in [0.05, 0.1) is 13.2 Å². The van der Waals surface area contributed by atoms with Crippen LogP contribution in [0.3, 0.4) is 0 Å². The minimum atomic E-state index is -0.160. The molecular formula is C14H22N2O3. The maximum atomic E-state index is 11.4. The normalized spacial score (nSPS) is 10.6. The van der Waals surface area contributed by atoms with Crippen LogP contribution < -0.4 is 10.2 Å². The molecule has 1 amide bonds. The van der Waals surface area contributed by atoms with Crippen molar-refractivity contribution < 1.29 is 14.3 Å². The van der Waals surface area contributed by atoms with E-state index in [1.54, 1.807) is 19.1 Å². The summed E-state index contributed by atoms with van der Waals surface area (Å²) in [5.74, 6) is 0.726. The fourth-order valence-electron chi connectivity index (χ4n) is 1.66. The smallest absolute Gasteiger partial charge is 0.260 e. The van der Waals surface area contributed by atoms with Crippen LogP contribution >= 0.6 is 0 Å². The highest BCUT2D eigenvalue weighted by Gasteiger charge is 2.04. The van der Waals surface area contributed by atoms with Crippen LogP contribution in [-0.2, 0) is 16.1 Å². The van der Waals surface area contributed by atoms with Crippen LogP contribution in [0, 0.1) is 6.92 Å². The minimum absolute atomic E-state index is 0.0461. The molecule has 1 rings (SSSR count). The van der Waals surface area contributed by atoms with Gasteiger partial charge in [0.25, 0.3) is 5.91 Å². The van der Waals surface area contributed by atoms with E-state index >= 15 is 0 Å². The molecule has 1 aromatic rings. The van der Waals surface area contributed by atoms with E-state index in [0.29, 0.717) is 13.2 Å². The monoisotopic (exact) mass is 266 g/mol. The fraction of sp³-hybridized carbons (Fsp3) is 0.500. The molecule has 1 N–H and O–H groups in total. The summed E-state index contributed by atoms with van der Waals surface area (Å²) >= 11 is 0. The summed E-state index contributed by atoms with van der Waals surface area (Å²) in [6, 6.07) is 5.88. The molecule has 0 aliphatic carbocycles. The van der Waals surface area contributed by atoms with Gasteiger partial charge >= 0.3 is 0 Å². The second kappa shape index (κ2) is 7.76. The molecule has 106 valence electrons. The van der Waals surface area contributed by atoms with Gasteiger partial charge in [0.1, 0.15) is 12.4 Å². The van der Waals surface area contributed by atoms with Gasteiger partial charge in [-0.2, -0.15) is 0 Å². The zero-order valence-electron chi connectivity index (χ0n) is 12.0. The fourth-order valence-corrected chi connectivity index (χ4v) is 1.66. The Morgan fingerprint density at radius 3 is 2.68 bits per heavy atom. The quantitative estimate of drug-likeness (QED) is 0.760. The number of aryl methyl sites for hydroxylation is 1.